The van der Waals surface area contributed by atoms with Gasteiger partial charge >= 0.3 is 0 Å². The van der Waals surface area contributed by atoms with Crippen molar-refractivity contribution in [3.8, 4) is 11.4 Å². The Labute approximate surface area is 405 Å². The standard InChI is InChI=1S/C66H44N4/c1-5-19-45(20-6-1)67(46-21-7-2-8-22-46)49-35-39-65-61(43-49)57-29-15-17-31-63(57)69(65)51-33-37-55-56-38-34-52(42-60(56)54-28-14-13-27-53(54)59(55)41-51)70-64-32-18-16-30-58(64)62-44-50(36-40-66(62)70)68(47-23-9-3-10-24-47)48-25-11-4-12-26-48/h1-44H. The van der Waals surface area contributed by atoms with Crippen LogP contribution in [0.5, 0.6) is 0 Å². The molecule has 14 aromatic rings. The van der Waals surface area contributed by atoms with E-state index in [-0.39, 0.29) is 0 Å². The second-order valence-corrected chi connectivity index (χ2v) is 18.1. The Morgan fingerprint density at radius 1 is 0.186 bits per heavy atom. The van der Waals surface area contributed by atoms with Crippen LogP contribution in [-0.2, 0) is 0 Å². The summed E-state index contributed by atoms with van der Waals surface area (Å²) in [4.78, 5) is 4.68. The van der Waals surface area contributed by atoms with Crippen molar-refractivity contribution in [3.63, 3.8) is 0 Å². The summed E-state index contributed by atoms with van der Waals surface area (Å²) in [7, 11) is 0. The van der Waals surface area contributed by atoms with Crippen molar-refractivity contribution in [3.05, 3.63) is 267 Å². The monoisotopic (exact) mass is 892 g/mol. The Morgan fingerprint density at radius 3 is 0.857 bits per heavy atom. The topological polar surface area (TPSA) is 16.3 Å². The molecule has 0 unspecified atom stereocenters. The molecule has 0 saturated heterocycles. The SMILES string of the molecule is c1ccc(N(c2ccccc2)c2ccc3c(c2)c2ccccc2n3-c2ccc3c4ccc(-n5c6ccccc6c6cc(N(c7ccccc7)c7ccccc7)ccc65)cc4c4ccccc4c3c2)cc1. The lowest BCUT2D eigenvalue weighted by atomic mass is 9.93. The van der Waals surface area contributed by atoms with E-state index in [1.54, 1.807) is 0 Å². The summed E-state index contributed by atoms with van der Waals surface area (Å²) in [6, 6.07) is 97.1. The molecule has 0 atom stereocenters. The molecule has 2 aromatic heterocycles. The van der Waals surface area contributed by atoms with Gasteiger partial charge in [-0.15, -0.1) is 0 Å². The Bertz CT molecular complexity index is 3910. The van der Waals surface area contributed by atoms with Gasteiger partial charge in [-0.1, -0.05) is 146 Å². The average Bonchev–Trinajstić information content (AvgIpc) is 3.94. The van der Waals surface area contributed by atoms with Crippen molar-refractivity contribution < 1.29 is 0 Å². The highest BCUT2D eigenvalue weighted by atomic mass is 15.1. The molecule has 2 heterocycles. The molecular formula is C66H44N4. The third-order valence-electron chi connectivity index (χ3n) is 14.2. The lowest BCUT2D eigenvalue weighted by Crippen LogP contribution is -2.09. The van der Waals surface area contributed by atoms with Crippen LogP contribution in [0.15, 0.2) is 267 Å². The number of rotatable bonds is 8. The molecule has 0 bridgehead atoms. The summed E-state index contributed by atoms with van der Waals surface area (Å²) in [6.07, 6.45) is 0. The summed E-state index contributed by atoms with van der Waals surface area (Å²) in [5.74, 6) is 0. The molecule has 0 spiro atoms. The third-order valence-corrected chi connectivity index (χ3v) is 14.2. The molecule has 0 aliphatic heterocycles. The second kappa shape index (κ2) is 16.2. The second-order valence-electron chi connectivity index (χ2n) is 18.1. The van der Waals surface area contributed by atoms with Gasteiger partial charge in [-0.2, -0.15) is 0 Å². The summed E-state index contributed by atoms with van der Waals surface area (Å²) in [5, 5.41) is 12.3. The molecule has 12 aromatic carbocycles. The van der Waals surface area contributed by atoms with Crippen molar-refractivity contribution in [2.45, 2.75) is 0 Å². The number of fused-ring (bicyclic) bond motifs is 12. The minimum absolute atomic E-state index is 1.12. The van der Waals surface area contributed by atoms with Gasteiger partial charge in [0.15, 0.2) is 0 Å². The van der Waals surface area contributed by atoms with Crippen LogP contribution in [0.3, 0.4) is 0 Å². The molecule has 4 nitrogen and oxygen atoms in total. The van der Waals surface area contributed by atoms with Crippen LogP contribution in [0.1, 0.15) is 0 Å². The Morgan fingerprint density at radius 2 is 0.486 bits per heavy atom. The first-order valence-electron chi connectivity index (χ1n) is 24.0. The van der Waals surface area contributed by atoms with Crippen molar-refractivity contribution in [2.24, 2.45) is 0 Å². The molecule has 0 N–H and O–H groups in total. The largest absolute Gasteiger partial charge is 0.310 e. The maximum absolute atomic E-state index is 2.44. The fourth-order valence-electron chi connectivity index (χ4n) is 11.2. The molecule has 4 heteroatoms. The maximum atomic E-state index is 2.44. The van der Waals surface area contributed by atoms with E-state index < -0.39 is 0 Å². The van der Waals surface area contributed by atoms with Gasteiger partial charge in [0.25, 0.3) is 0 Å². The highest BCUT2D eigenvalue weighted by molar-refractivity contribution is 6.26. The molecule has 70 heavy (non-hydrogen) atoms. The molecule has 328 valence electrons. The molecule has 0 aliphatic carbocycles. The van der Waals surface area contributed by atoms with Crippen LogP contribution in [0, 0.1) is 0 Å². The van der Waals surface area contributed by atoms with E-state index in [1.807, 2.05) is 0 Å². The van der Waals surface area contributed by atoms with Crippen LogP contribution in [0.2, 0.25) is 0 Å². The molecule has 0 amide bonds. The van der Waals surface area contributed by atoms with E-state index in [4.69, 9.17) is 0 Å². The molecule has 0 fully saturated rings. The van der Waals surface area contributed by atoms with Gasteiger partial charge in [0.2, 0.25) is 0 Å². The fraction of sp³-hybridized carbons (Fsp3) is 0. The number of nitrogens with zero attached hydrogens (tertiary/aromatic N) is 4. The summed E-state index contributed by atoms with van der Waals surface area (Å²) in [5.41, 5.74) is 13.7. The van der Waals surface area contributed by atoms with Gasteiger partial charge in [0, 0.05) is 67.0 Å². The van der Waals surface area contributed by atoms with Crippen molar-refractivity contribution in [1.82, 2.24) is 9.13 Å². The lowest BCUT2D eigenvalue weighted by molar-refractivity contribution is 1.18. The quantitative estimate of drug-likeness (QED) is 0.141. The first-order chi connectivity index (χ1) is 34.7. The minimum Gasteiger partial charge on any atom is -0.310 e. The normalized spacial score (nSPS) is 11.7. The maximum Gasteiger partial charge on any atom is 0.0542 e. The Balaban J connectivity index is 0.920. The molecule has 0 aliphatic rings. The predicted octanol–water partition coefficient (Wildman–Crippen LogP) is 18.3. The zero-order valence-electron chi connectivity index (χ0n) is 38.2. The van der Waals surface area contributed by atoms with Gasteiger partial charge in [0.1, 0.15) is 0 Å². The average molecular weight is 893 g/mol. The van der Waals surface area contributed by atoms with Gasteiger partial charge in [-0.05, 0) is 154 Å². The van der Waals surface area contributed by atoms with Crippen LogP contribution < -0.4 is 9.80 Å². The summed E-state index contributed by atoms with van der Waals surface area (Å²) >= 11 is 0. The first kappa shape index (κ1) is 39.8. The van der Waals surface area contributed by atoms with E-state index in [0.29, 0.717) is 0 Å². The molecular weight excluding hydrogens is 849 g/mol. The van der Waals surface area contributed by atoms with Crippen LogP contribution in [0.25, 0.3) is 87.3 Å². The van der Waals surface area contributed by atoms with E-state index in [2.05, 4.69) is 286 Å². The third kappa shape index (κ3) is 6.31. The van der Waals surface area contributed by atoms with Crippen LogP contribution >= 0.6 is 0 Å². The number of hydrogen-bond donors (Lipinski definition) is 0. The van der Waals surface area contributed by atoms with Gasteiger partial charge in [-0.25, -0.2) is 0 Å². The van der Waals surface area contributed by atoms with Crippen LogP contribution in [0.4, 0.5) is 34.1 Å². The summed E-state index contributed by atoms with van der Waals surface area (Å²) < 4.78 is 4.88. The Hall–Kier alpha value is -9.38. The number of benzene rings is 12. The summed E-state index contributed by atoms with van der Waals surface area (Å²) in [6.45, 7) is 0. The predicted molar refractivity (Wildman–Crippen MR) is 297 cm³/mol. The molecule has 0 saturated carbocycles. The number of aromatic nitrogens is 2. The van der Waals surface area contributed by atoms with Crippen LogP contribution in [-0.4, -0.2) is 9.13 Å². The lowest BCUT2D eigenvalue weighted by Gasteiger charge is -2.25. The molecule has 14 rings (SSSR count). The first-order valence-corrected chi connectivity index (χ1v) is 24.0. The zero-order valence-corrected chi connectivity index (χ0v) is 38.2. The van der Waals surface area contributed by atoms with Crippen molar-refractivity contribution in [1.29, 1.82) is 0 Å². The minimum atomic E-state index is 1.12. The van der Waals surface area contributed by atoms with Gasteiger partial charge < -0.3 is 18.9 Å². The van der Waals surface area contributed by atoms with Gasteiger partial charge in [-0.3, -0.25) is 0 Å². The smallest absolute Gasteiger partial charge is 0.0542 e. The van der Waals surface area contributed by atoms with E-state index >= 15 is 0 Å². The highest BCUT2D eigenvalue weighted by Crippen LogP contribution is 2.44. The highest BCUT2D eigenvalue weighted by Gasteiger charge is 2.21. The fourth-order valence-corrected chi connectivity index (χ4v) is 11.2. The van der Waals surface area contributed by atoms with Crippen molar-refractivity contribution in [2.75, 3.05) is 9.80 Å². The number of para-hydroxylation sites is 6. The van der Waals surface area contributed by atoms with E-state index in [9.17, 15) is 0 Å². The van der Waals surface area contributed by atoms with E-state index in [0.717, 1.165) is 45.5 Å². The Kier molecular flexibility index (Phi) is 9.17. The van der Waals surface area contributed by atoms with Gasteiger partial charge in [0.05, 0.1) is 22.1 Å². The van der Waals surface area contributed by atoms with Crippen molar-refractivity contribution >= 4 is 110 Å². The van der Waals surface area contributed by atoms with E-state index in [1.165, 1.54) is 75.9 Å². The zero-order chi connectivity index (χ0) is 46.1. The number of hydrogen-bond acceptors (Lipinski definition) is 2. The molecule has 0 radical (unpaired) electrons. The number of anilines is 6.